The van der Waals surface area contributed by atoms with Gasteiger partial charge in [0.25, 0.3) is 0 Å². The molecule has 3 heteroatoms. The molecule has 12 heavy (non-hydrogen) atoms. The van der Waals surface area contributed by atoms with Gasteiger partial charge in [-0.25, -0.2) is 0 Å². The highest BCUT2D eigenvalue weighted by Gasteiger charge is 2.02. The fourth-order valence-electron chi connectivity index (χ4n) is 1.17. The van der Waals surface area contributed by atoms with Crippen LogP contribution >= 0.6 is 0 Å². The summed E-state index contributed by atoms with van der Waals surface area (Å²) in [6, 6.07) is 5.94. The van der Waals surface area contributed by atoms with E-state index >= 15 is 0 Å². The smallest absolute Gasteiger partial charge is 0.131 e. The number of nitrogens with zero attached hydrogens (tertiary/aromatic N) is 1. The van der Waals surface area contributed by atoms with Gasteiger partial charge >= 0.3 is 0 Å². The van der Waals surface area contributed by atoms with Gasteiger partial charge in [0.2, 0.25) is 0 Å². The van der Waals surface area contributed by atoms with Crippen LogP contribution < -0.4 is 5.73 Å². The maximum atomic E-state index is 5.72. The van der Waals surface area contributed by atoms with Crippen LogP contribution in [0.2, 0.25) is 0 Å². The summed E-state index contributed by atoms with van der Waals surface area (Å²) in [6.07, 6.45) is 1.63. The van der Waals surface area contributed by atoms with Crippen molar-refractivity contribution in [2.45, 2.75) is 13.0 Å². The number of nitrogens with two attached hydrogens (primary N) is 1. The summed E-state index contributed by atoms with van der Waals surface area (Å²) in [7, 11) is 0. The van der Waals surface area contributed by atoms with Gasteiger partial charge in [-0.05, 0) is 24.6 Å². The average Bonchev–Trinajstić information content (AvgIpc) is 2.49. The Morgan fingerprint density at radius 3 is 3.08 bits per heavy atom. The Morgan fingerprint density at radius 1 is 1.50 bits per heavy atom. The molecule has 1 aromatic carbocycles. The molecule has 0 saturated heterocycles. The number of hydrogen-bond donors (Lipinski definition) is 1. The first-order valence-corrected chi connectivity index (χ1v) is 3.87. The summed E-state index contributed by atoms with van der Waals surface area (Å²) in [5, 5.41) is 4.81. The minimum absolute atomic E-state index is 0.0595. The molecule has 1 aromatic heterocycles. The van der Waals surface area contributed by atoms with Crippen LogP contribution in [-0.2, 0) is 0 Å². The number of fused-ring (bicyclic) bond motifs is 1. The van der Waals surface area contributed by atoms with Gasteiger partial charge in [-0.1, -0.05) is 11.2 Å². The minimum atomic E-state index is 0.0595. The van der Waals surface area contributed by atoms with Crippen LogP contribution in [-0.4, -0.2) is 5.16 Å². The van der Waals surface area contributed by atoms with Crippen LogP contribution in [0.1, 0.15) is 18.5 Å². The zero-order chi connectivity index (χ0) is 8.55. The highest BCUT2D eigenvalue weighted by atomic mass is 16.5. The van der Waals surface area contributed by atoms with Crippen LogP contribution in [0.5, 0.6) is 0 Å². The van der Waals surface area contributed by atoms with Crippen molar-refractivity contribution in [3.8, 4) is 0 Å². The molecular weight excluding hydrogens is 152 g/mol. The van der Waals surface area contributed by atoms with Crippen molar-refractivity contribution in [2.75, 3.05) is 0 Å². The lowest BCUT2D eigenvalue weighted by Gasteiger charge is -2.03. The highest BCUT2D eigenvalue weighted by Crippen LogP contribution is 2.17. The molecule has 2 aromatic rings. The maximum Gasteiger partial charge on any atom is 0.131 e. The molecule has 3 nitrogen and oxygen atoms in total. The van der Waals surface area contributed by atoms with Gasteiger partial charge in [-0.15, -0.1) is 0 Å². The fourth-order valence-corrected chi connectivity index (χ4v) is 1.17. The molecule has 1 atom stereocenters. The third kappa shape index (κ3) is 1.08. The van der Waals surface area contributed by atoms with Crippen LogP contribution in [0.15, 0.2) is 29.0 Å². The maximum absolute atomic E-state index is 5.72. The normalized spacial score (nSPS) is 13.5. The second kappa shape index (κ2) is 2.60. The van der Waals surface area contributed by atoms with E-state index < -0.39 is 0 Å². The molecule has 2 N–H and O–H groups in total. The predicted octanol–water partition coefficient (Wildman–Crippen LogP) is 1.85. The molecule has 0 aliphatic heterocycles. The molecular formula is C9H10N2O. The van der Waals surface area contributed by atoms with E-state index in [1.165, 1.54) is 0 Å². The Kier molecular flexibility index (Phi) is 1.59. The van der Waals surface area contributed by atoms with Crippen LogP contribution in [0, 0.1) is 0 Å². The van der Waals surface area contributed by atoms with Crippen molar-refractivity contribution >= 4 is 10.9 Å². The molecule has 0 radical (unpaired) electrons. The standard InChI is InChI=1S/C9H10N2O/c1-6(10)7-2-3-9-8(4-7)5-12-11-9/h2-6H,10H2,1H3. The second-order valence-electron chi connectivity index (χ2n) is 2.92. The zero-order valence-electron chi connectivity index (χ0n) is 6.82. The lowest BCUT2D eigenvalue weighted by molar-refractivity contribution is 0.428. The van der Waals surface area contributed by atoms with Gasteiger partial charge in [-0.2, -0.15) is 0 Å². The fraction of sp³-hybridized carbons (Fsp3) is 0.222. The molecule has 0 saturated carbocycles. The monoisotopic (exact) mass is 162 g/mol. The van der Waals surface area contributed by atoms with E-state index in [0.717, 1.165) is 16.5 Å². The summed E-state index contributed by atoms with van der Waals surface area (Å²) >= 11 is 0. The Morgan fingerprint density at radius 2 is 2.33 bits per heavy atom. The summed E-state index contributed by atoms with van der Waals surface area (Å²) in [5.74, 6) is 0. The molecule has 1 unspecified atom stereocenters. The van der Waals surface area contributed by atoms with Crippen LogP contribution in [0.3, 0.4) is 0 Å². The molecule has 0 aliphatic carbocycles. The topological polar surface area (TPSA) is 52.0 Å². The van der Waals surface area contributed by atoms with Gasteiger partial charge in [0.1, 0.15) is 11.8 Å². The van der Waals surface area contributed by atoms with Crippen molar-refractivity contribution in [3.05, 3.63) is 30.0 Å². The van der Waals surface area contributed by atoms with E-state index in [1.54, 1.807) is 6.26 Å². The molecule has 0 bridgehead atoms. The van der Waals surface area contributed by atoms with Crippen molar-refractivity contribution in [1.82, 2.24) is 5.16 Å². The molecule has 0 spiro atoms. The summed E-state index contributed by atoms with van der Waals surface area (Å²) in [5.41, 5.74) is 7.70. The Balaban J connectivity index is 2.60. The minimum Gasteiger partial charge on any atom is -0.364 e. The van der Waals surface area contributed by atoms with E-state index in [-0.39, 0.29) is 6.04 Å². The third-order valence-corrected chi connectivity index (χ3v) is 1.91. The van der Waals surface area contributed by atoms with Crippen molar-refractivity contribution < 1.29 is 4.52 Å². The first-order valence-electron chi connectivity index (χ1n) is 3.87. The highest BCUT2D eigenvalue weighted by molar-refractivity contribution is 5.77. The Hall–Kier alpha value is -1.35. The summed E-state index contributed by atoms with van der Waals surface area (Å²) < 4.78 is 4.81. The van der Waals surface area contributed by atoms with E-state index in [0.29, 0.717) is 0 Å². The largest absolute Gasteiger partial charge is 0.364 e. The third-order valence-electron chi connectivity index (χ3n) is 1.91. The lowest BCUT2D eigenvalue weighted by atomic mass is 10.1. The van der Waals surface area contributed by atoms with Crippen molar-refractivity contribution in [2.24, 2.45) is 5.73 Å². The van der Waals surface area contributed by atoms with Gasteiger partial charge in [-0.3, -0.25) is 0 Å². The van der Waals surface area contributed by atoms with E-state index in [1.807, 2.05) is 25.1 Å². The Bertz CT molecular complexity index is 392. The number of aromatic nitrogens is 1. The predicted molar refractivity (Wildman–Crippen MR) is 46.6 cm³/mol. The molecule has 62 valence electrons. The van der Waals surface area contributed by atoms with Gasteiger partial charge in [0.15, 0.2) is 0 Å². The first kappa shape index (κ1) is 7.31. The number of benzene rings is 1. The zero-order valence-corrected chi connectivity index (χ0v) is 6.82. The number of hydrogen-bond acceptors (Lipinski definition) is 3. The Labute approximate surface area is 70.1 Å². The van der Waals surface area contributed by atoms with Crippen LogP contribution in [0.25, 0.3) is 10.9 Å². The lowest BCUT2D eigenvalue weighted by Crippen LogP contribution is -2.04. The van der Waals surface area contributed by atoms with Gasteiger partial charge < -0.3 is 10.3 Å². The summed E-state index contributed by atoms with van der Waals surface area (Å²) in [4.78, 5) is 0. The van der Waals surface area contributed by atoms with E-state index in [4.69, 9.17) is 10.3 Å². The molecule has 2 rings (SSSR count). The quantitative estimate of drug-likeness (QED) is 0.696. The summed E-state index contributed by atoms with van der Waals surface area (Å²) in [6.45, 7) is 1.95. The van der Waals surface area contributed by atoms with E-state index in [2.05, 4.69) is 5.16 Å². The van der Waals surface area contributed by atoms with Crippen molar-refractivity contribution in [3.63, 3.8) is 0 Å². The second-order valence-corrected chi connectivity index (χ2v) is 2.92. The molecule has 0 aliphatic rings. The molecule has 1 heterocycles. The average molecular weight is 162 g/mol. The number of rotatable bonds is 1. The molecule has 0 amide bonds. The van der Waals surface area contributed by atoms with Crippen molar-refractivity contribution in [1.29, 1.82) is 0 Å². The first-order chi connectivity index (χ1) is 5.77. The van der Waals surface area contributed by atoms with Crippen LogP contribution in [0.4, 0.5) is 0 Å². The van der Waals surface area contributed by atoms with E-state index in [9.17, 15) is 0 Å². The van der Waals surface area contributed by atoms with Gasteiger partial charge in [0.05, 0.1) is 0 Å². The molecule has 0 fully saturated rings. The SMILES string of the molecule is CC(N)c1ccc2nocc2c1. The van der Waals surface area contributed by atoms with Gasteiger partial charge in [0, 0.05) is 11.4 Å².